The summed E-state index contributed by atoms with van der Waals surface area (Å²) >= 11 is 0. The van der Waals surface area contributed by atoms with Crippen LogP contribution in [-0.2, 0) is 11.3 Å². The minimum Gasteiger partial charge on any atom is -0.450 e. The molecule has 0 saturated carbocycles. The number of rotatable bonds is 3. The predicted molar refractivity (Wildman–Crippen MR) is 111 cm³/mol. The van der Waals surface area contributed by atoms with E-state index in [0.717, 1.165) is 39.1 Å². The number of hydrogen-bond donors (Lipinski definition) is 0. The van der Waals surface area contributed by atoms with Gasteiger partial charge in [-0.1, -0.05) is 42.5 Å². The highest BCUT2D eigenvalue weighted by molar-refractivity contribution is 5.81. The first-order valence-electron chi connectivity index (χ1n) is 10.4. The highest BCUT2D eigenvalue weighted by atomic mass is 16.6. The van der Waals surface area contributed by atoms with Gasteiger partial charge in [-0.3, -0.25) is 0 Å². The molecule has 0 aromatic heterocycles. The van der Waals surface area contributed by atoms with Gasteiger partial charge in [0, 0.05) is 44.7 Å². The summed E-state index contributed by atoms with van der Waals surface area (Å²) in [5.74, 6) is 0.379. The minimum atomic E-state index is -0.169. The summed E-state index contributed by atoms with van der Waals surface area (Å²) in [6.45, 7) is 6.88. The fraction of sp³-hybridized carbons (Fsp3) is 0.435. The van der Waals surface area contributed by atoms with Gasteiger partial charge in [0.1, 0.15) is 0 Å². The van der Waals surface area contributed by atoms with Crippen LogP contribution in [0, 0.1) is 0 Å². The molecule has 0 unspecified atom stereocenters. The van der Waals surface area contributed by atoms with Crippen LogP contribution in [0.1, 0.15) is 30.4 Å². The maximum Gasteiger partial charge on any atom is 0.409 e. The van der Waals surface area contributed by atoms with Crippen molar-refractivity contribution in [1.82, 2.24) is 4.90 Å². The van der Waals surface area contributed by atoms with E-state index in [-0.39, 0.29) is 6.09 Å². The third-order valence-electron chi connectivity index (χ3n) is 6.40. The lowest BCUT2D eigenvalue weighted by atomic mass is 9.89. The van der Waals surface area contributed by atoms with Crippen molar-refractivity contribution < 1.29 is 9.53 Å². The number of para-hydroxylation sites is 1. The quantitative estimate of drug-likeness (QED) is 0.814. The molecule has 0 radical (unpaired) electrons. The number of fused-ring (bicyclic) bond motifs is 3. The molecule has 3 aliphatic rings. The van der Waals surface area contributed by atoms with Crippen LogP contribution in [0.4, 0.5) is 16.2 Å². The predicted octanol–water partition coefficient (Wildman–Crippen LogP) is 3.84. The monoisotopic (exact) mass is 377 g/mol. The van der Waals surface area contributed by atoms with Crippen LogP contribution in [0.15, 0.2) is 48.5 Å². The maximum atomic E-state index is 12.3. The van der Waals surface area contributed by atoms with Crippen LogP contribution in [0.3, 0.4) is 0 Å². The van der Waals surface area contributed by atoms with Crippen molar-refractivity contribution in [3.8, 4) is 0 Å². The van der Waals surface area contributed by atoms with Crippen LogP contribution < -0.4 is 9.80 Å². The van der Waals surface area contributed by atoms with E-state index >= 15 is 0 Å². The van der Waals surface area contributed by atoms with Gasteiger partial charge in [-0.15, -0.1) is 0 Å². The molecule has 5 heteroatoms. The molecule has 2 aromatic rings. The third kappa shape index (κ3) is 2.81. The summed E-state index contributed by atoms with van der Waals surface area (Å²) < 4.78 is 5.26. The Hall–Kier alpha value is -2.69. The summed E-state index contributed by atoms with van der Waals surface area (Å²) in [7, 11) is 0. The normalized spacial score (nSPS) is 22.7. The van der Waals surface area contributed by atoms with Gasteiger partial charge in [0.2, 0.25) is 0 Å². The summed E-state index contributed by atoms with van der Waals surface area (Å²) in [6, 6.07) is 17.9. The van der Waals surface area contributed by atoms with Crippen LogP contribution >= 0.6 is 0 Å². The Balaban J connectivity index is 1.44. The van der Waals surface area contributed by atoms with Gasteiger partial charge >= 0.3 is 6.09 Å². The number of amides is 1. The molecule has 0 N–H and O–H groups in total. The van der Waals surface area contributed by atoms with Gasteiger partial charge in [-0.05, 0) is 30.5 Å². The number of piperidine rings is 1. The molecule has 146 valence electrons. The number of nitrogens with zero attached hydrogens (tertiary/aromatic N) is 3. The van der Waals surface area contributed by atoms with Gasteiger partial charge in [0.15, 0.2) is 0 Å². The molecule has 1 fully saturated rings. The highest BCUT2D eigenvalue weighted by Crippen LogP contribution is 2.50. The van der Waals surface area contributed by atoms with Crippen molar-refractivity contribution in [2.75, 3.05) is 42.6 Å². The Morgan fingerprint density at radius 1 is 1.07 bits per heavy atom. The lowest BCUT2D eigenvalue weighted by Crippen LogP contribution is -2.50. The van der Waals surface area contributed by atoms with E-state index < -0.39 is 0 Å². The van der Waals surface area contributed by atoms with Gasteiger partial charge in [0.05, 0.1) is 18.0 Å². The molecule has 0 bridgehead atoms. The highest BCUT2D eigenvalue weighted by Gasteiger charge is 2.45. The van der Waals surface area contributed by atoms with E-state index in [1.807, 2.05) is 11.8 Å². The number of carbonyl (C=O) groups is 1. The van der Waals surface area contributed by atoms with Crippen molar-refractivity contribution in [3.63, 3.8) is 0 Å². The van der Waals surface area contributed by atoms with Crippen LogP contribution in [0.25, 0.3) is 0 Å². The van der Waals surface area contributed by atoms with Gasteiger partial charge in [0.25, 0.3) is 0 Å². The minimum absolute atomic E-state index is 0.169. The number of anilines is 2. The zero-order chi connectivity index (χ0) is 19.1. The van der Waals surface area contributed by atoms with Crippen molar-refractivity contribution >= 4 is 17.5 Å². The number of likely N-dealkylation sites (tertiary alicyclic amines) is 1. The lowest BCUT2D eigenvalue weighted by Gasteiger charge is -2.42. The van der Waals surface area contributed by atoms with Gasteiger partial charge in [-0.2, -0.15) is 0 Å². The number of hydrogen-bond acceptors (Lipinski definition) is 4. The van der Waals surface area contributed by atoms with E-state index in [9.17, 15) is 4.79 Å². The molecule has 1 saturated heterocycles. The lowest BCUT2D eigenvalue weighted by molar-refractivity contribution is 0.0934. The molecular weight excluding hydrogens is 350 g/mol. The standard InChI is InChI=1S/C23H27N3O2/c1-2-28-23(27)25-12-11-20-19(16-25)18-9-6-10-21-22(18)26(20)14-13-24(21)15-17-7-4-3-5-8-17/h3-10,19-20H,2,11-16H2,1H3/t19-,20-/m0/s1. The molecule has 2 aromatic carbocycles. The van der Waals surface area contributed by atoms with E-state index in [0.29, 0.717) is 18.6 Å². The first-order valence-corrected chi connectivity index (χ1v) is 10.4. The van der Waals surface area contributed by atoms with Crippen molar-refractivity contribution in [1.29, 1.82) is 0 Å². The second-order valence-corrected chi connectivity index (χ2v) is 7.92. The Kier molecular flexibility index (Phi) is 4.38. The van der Waals surface area contributed by atoms with E-state index in [1.54, 1.807) is 0 Å². The van der Waals surface area contributed by atoms with Crippen molar-refractivity contribution in [3.05, 3.63) is 59.7 Å². The van der Waals surface area contributed by atoms with Crippen LogP contribution in [-0.4, -0.2) is 49.8 Å². The fourth-order valence-corrected chi connectivity index (χ4v) is 5.18. The molecule has 5 nitrogen and oxygen atoms in total. The Morgan fingerprint density at radius 2 is 1.93 bits per heavy atom. The molecule has 1 amide bonds. The van der Waals surface area contributed by atoms with Crippen molar-refractivity contribution in [2.24, 2.45) is 0 Å². The first kappa shape index (κ1) is 17.4. The summed E-state index contributed by atoms with van der Waals surface area (Å²) in [5.41, 5.74) is 5.47. The van der Waals surface area contributed by atoms with Crippen LogP contribution in [0.5, 0.6) is 0 Å². The SMILES string of the molecule is CCOC(=O)N1CC[C@H]2[C@@H](C1)c1cccc3c1N2CCN3Cc1ccccc1. The average Bonchev–Trinajstić information content (AvgIpc) is 3.06. The van der Waals surface area contributed by atoms with Gasteiger partial charge < -0.3 is 19.4 Å². The first-order chi connectivity index (χ1) is 13.8. The molecule has 28 heavy (non-hydrogen) atoms. The molecule has 0 spiro atoms. The summed E-state index contributed by atoms with van der Waals surface area (Å²) in [5, 5.41) is 0. The summed E-state index contributed by atoms with van der Waals surface area (Å²) in [4.78, 5) is 19.3. The molecular formula is C23H27N3O2. The van der Waals surface area contributed by atoms with E-state index in [1.165, 1.54) is 22.5 Å². The summed E-state index contributed by atoms with van der Waals surface area (Å²) in [6.07, 6.45) is 0.841. The number of ether oxygens (including phenoxy) is 1. The molecule has 3 aliphatic heterocycles. The van der Waals surface area contributed by atoms with Gasteiger partial charge in [-0.25, -0.2) is 4.79 Å². The molecule has 0 aliphatic carbocycles. The Bertz CT molecular complexity index is 869. The molecule has 5 rings (SSSR count). The topological polar surface area (TPSA) is 36.0 Å². The van der Waals surface area contributed by atoms with Crippen LogP contribution in [0.2, 0.25) is 0 Å². The number of benzene rings is 2. The zero-order valence-electron chi connectivity index (χ0n) is 16.4. The molecule has 2 atom stereocenters. The zero-order valence-corrected chi connectivity index (χ0v) is 16.4. The number of carbonyl (C=O) groups excluding carboxylic acids is 1. The maximum absolute atomic E-state index is 12.3. The largest absolute Gasteiger partial charge is 0.450 e. The second-order valence-electron chi connectivity index (χ2n) is 7.92. The fourth-order valence-electron chi connectivity index (χ4n) is 5.18. The van der Waals surface area contributed by atoms with E-state index in [4.69, 9.17) is 4.74 Å². The van der Waals surface area contributed by atoms with E-state index in [2.05, 4.69) is 58.3 Å². The third-order valence-corrected chi connectivity index (χ3v) is 6.40. The Morgan fingerprint density at radius 3 is 2.75 bits per heavy atom. The van der Waals surface area contributed by atoms with Crippen molar-refractivity contribution in [2.45, 2.75) is 31.8 Å². The smallest absolute Gasteiger partial charge is 0.409 e. The average molecular weight is 377 g/mol. The molecule has 3 heterocycles. The Labute approximate surface area is 166 Å². The second kappa shape index (κ2) is 7.04.